The van der Waals surface area contributed by atoms with Crippen LogP contribution in [0.25, 0.3) is 16.7 Å². The van der Waals surface area contributed by atoms with Gasteiger partial charge < -0.3 is 5.32 Å². The Morgan fingerprint density at radius 2 is 1.87 bits per heavy atom. The fraction of sp³-hybridized carbons (Fsp3) is 0.304. The summed E-state index contributed by atoms with van der Waals surface area (Å²) in [6.45, 7) is 5.24. The van der Waals surface area contributed by atoms with Crippen LogP contribution in [0.4, 0.5) is 5.69 Å². The van der Waals surface area contributed by atoms with E-state index in [9.17, 15) is 4.79 Å². The number of aromatic nitrogens is 4. The molecule has 5 rings (SSSR count). The van der Waals surface area contributed by atoms with Crippen molar-refractivity contribution in [2.75, 3.05) is 18.9 Å². The van der Waals surface area contributed by atoms with E-state index in [0.29, 0.717) is 17.1 Å². The van der Waals surface area contributed by atoms with Crippen LogP contribution in [0.1, 0.15) is 46.3 Å². The minimum Gasteiger partial charge on any atom is -0.320 e. The number of pyridine rings is 1. The van der Waals surface area contributed by atoms with Crippen molar-refractivity contribution < 1.29 is 4.79 Å². The van der Waals surface area contributed by atoms with Crippen LogP contribution in [0, 0.1) is 13.8 Å². The lowest BCUT2D eigenvalue weighted by molar-refractivity contribution is 0.102. The van der Waals surface area contributed by atoms with Gasteiger partial charge in [-0.3, -0.25) is 24.1 Å². The Morgan fingerprint density at radius 3 is 2.63 bits per heavy atom. The standard InChI is InChI=1S/C23H24N6O/c1-14-17(26-23(30)16-6-7-18-19(13-16)25-11-10-24-18)8-9-21-27-22(15(2)29(14)21)20-5-4-12-28(20)3/h6-11,13,20H,4-5,12H2,1-3H3,(H,26,30). The number of imidazole rings is 1. The third-order valence-electron chi connectivity index (χ3n) is 6.11. The lowest BCUT2D eigenvalue weighted by atomic mass is 10.1. The predicted octanol–water partition coefficient (Wildman–Crippen LogP) is 3.91. The van der Waals surface area contributed by atoms with Gasteiger partial charge in [0.15, 0.2) is 0 Å². The molecule has 1 N–H and O–H groups in total. The highest BCUT2D eigenvalue weighted by Gasteiger charge is 2.27. The Morgan fingerprint density at radius 1 is 1.07 bits per heavy atom. The molecule has 1 amide bonds. The average Bonchev–Trinajstić information content (AvgIpc) is 3.32. The summed E-state index contributed by atoms with van der Waals surface area (Å²) in [5.74, 6) is -0.168. The van der Waals surface area contributed by atoms with Gasteiger partial charge in [-0.05, 0) is 70.6 Å². The van der Waals surface area contributed by atoms with Crippen molar-refractivity contribution in [2.45, 2.75) is 32.7 Å². The Bertz CT molecular complexity index is 1280. The SMILES string of the molecule is Cc1c(NC(=O)c2ccc3nccnc3c2)ccc2nc(C3CCCN3C)c(C)n12. The number of hydrogen-bond donors (Lipinski definition) is 1. The van der Waals surface area contributed by atoms with E-state index in [0.717, 1.165) is 46.9 Å². The number of carbonyl (C=O) groups excluding carboxylic acids is 1. The molecule has 0 spiro atoms. The number of aryl methyl sites for hydroxylation is 2. The van der Waals surface area contributed by atoms with E-state index in [1.54, 1.807) is 24.5 Å². The number of fused-ring (bicyclic) bond motifs is 2. The molecule has 0 radical (unpaired) electrons. The van der Waals surface area contributed by atoms with E-state index >= 15 is 0 Å². The van der Waals surface area contributed by atoms with Gasteiger partial charge in [0, 0.05) is 29.3 Å². The highest BCUT2D eigenvalue weighted by molar-refractivity contribution is 6.06. The van der Waals surface area contributed by atoms with Crippen LogP contribution in [-0.2, 0) is 0 Å². The third-order valence-corrected chi connectivity index (χ3v) is 6.11. The van der Waals surface area contributed by atoms with Crippen LogP contribution in [0.2, 0.25) is 0 Å². The molecular weight excluding hydrogens is 376 g/mol. The first-order valence-electron chi connectivity index (χ1n) is 10.2. The zero-order valence-electron chi connectivity index (χ0n) is 17.4. The zero-order valence-corrected chi connectivity index (χ0v) is 17.4. The molecule has 0 saturated carbocycles. The number of amides is 1. The van der Waals surface area contributed by atoms with Crippen LogP contribution in [0.3, 0.4) is 0 Å². The number of nitrogens with zero attached hydrogens (tertiary/aromatic N) is 5. The fourth-order valence-electron chi connectivity index (χ4n) is 4.48. The number of benzene rings is 1. The van der Waals surface area contributed by atoms with Gasteiger partial charge in [-0.15, -0.1) is 0 Å². The largest absolute Gasteiger partial charge is 0.320 e. The summed E-state index contributed by atoms with van der Waals surface area (Å²) in [6.07, 6.45) is 5.61. The Labute approximate surface area is 174 Å². The molecule has 3 aromatic heterocycles. The lowest BCUT2D eigenvalue weighted by Gasteiger charge is -2.18. The van der Waals surface area contributed by atoms with E-state index in [-0.39, 0.29) is 5.91 Å². The minimum atomic E-state index is -0.168. The molecule has 1 atom stereocenters. The molecular formula is C23H24N6O. The Hall–Kier alpha value is -3.32. The maximum absolute atomic E-state index is 12.9. The van der Waals surface area contributed by atoms with E-state index in [4.69, 9.17) is 4.98 Å². The van der Waals surface area contributed by atoms with Gasteiger partial charge in [0.25, 0.3) is 5.91 Å². The summed E-state index contributed by atoms with van der Waals surface area (Å²) in [5.41, 5.74) is 6.96. The molecule has 4 heterocycles. The second-order valence-corrected chi connectivity index (χ2v) is 7.96. The monoisotopic (exact) mass is 400 g/mol. The third kappa shape index (κ3) is 3.02. The van der Waals surface area contributed by atoms with Crippen LogP contribution < -0.4 is 5.32 Å². The zero-order chi connectivity index (χ0) is 20.8. The molecule has 0 bridgehead atoms. The summed E-state index contributed by atoms with van der Waals surface area (Å²) in [4.78, 5) is 28.7. The Kier molecular flexibility index (Phi) is 4.47. The van der Waals surface area contributed by atoms with Gasteiger partial charge in [0.1, 0.15) is 5.65 Å². The molecule has 152 valence electrons. The fourth-order valence-corrected chi connectivity index (χ4v) is 4.48. The summed E-state index contributed by atoms with van der Waals surface area (Å²) in [7, 11) is 2.16. The van der Waals surface area contributed by atoms with Crippen molar-refractivity contribution in [3.05, 3.63) is 65.4 Å². The normalized spacial score (nSPS) is 17.1. The molecule has 0 aliphatic carbocycles. The second-order valence-electron chi connectivity index (χ2n) is 7.96. The maximum Gasteiger partial charge on any atom is 0.255 e. The number of anilines is 1. The highest BCUT2D eigenvalue weighted by atomic mass is 16.1. The number of likely N-dealkylation sites (tertiary alicyclic amines) is 1. The maximum atomic E-state index is 12.9. The molecule has 1 aromatic carbocycles. The first-order chi connectivity index (χ1) is 14.5. The molecule has 1 aliphatic rings. The van der Waals surface area contributed by atoms with Crippen molar-refractivity contribution in [3.8, 4) is 0 Å². The molecule has 1 saturated heterocycles. The average molecular weight is 400 g/mol. The molecule has 1 unspecified atom stereocenters. The number of nitrogens with one attached hydrogen (secondary N) is 1. The summed E-state index contributed by atoms with van der Waals surface area (Å²) < 4.78 is 2.14. The molecule has 4 aromatic rings. The van der Waals surface area contributed by atoms with Gasteiger partial charge in [-0.1, -0.05) is 0 Å². The number of rotatable bonds is 3. The van der Waals surface area contributed by atoms with E-state index < -0.39 is 0 Å². The quantitative estimate of drug-likeness (QED) is 0.564. The van der Waals surface area contributed by atoms with Gasteiger partial charge in [-0.2, -0.15) is 0 Å². The van der Waals surface area contributed by atoms with Crippen molar-refractivity contribution in [2.24, 2.45) is 0 Å². The van der Waals surface area contributed by atoms with Crippen LogP contribution in [-0.4, -0.2) is 43.8 Å². The van der Waals surface area contributed by atoms with E-state index in [2.05, 4.69) is 38.6 Å². The molecule has 1 fully saturated rings. The van der Waals surface area contributed by atoms with E-state index in [1.165, 1.54) is 6.42 Å². The van der Waals surface area contributed by atoms with Crippen LogP contribution in [0.15, 0.2) is 42.7 Å². The van der Waals surface area contributed by atoms with Crippen molar-refractivity contribution >= 4 is 28.3 Å². The summed E-state index contributed by atoms with van der Waals surface area (Å²) >= 11 is 0. The molecule has 7 nitrogen and oxygen atoms in total. The minimum absolute atomic E-state index is 0.168. The smallest absolute Gasteiger partial charge is 0.255 e. The first-order valence-corrected chi connectivity index (χ1v) is 10.2. The van der Waals surface area contributed by atoms with E-state index in [1.807, 2.05) is 25.1 Å². The number of carbonyl (C=O) groups is 1. The number of hydrogen-bond acceptors (Lipinski definition) is 5. The highest BCUT2D eigenvalue weighted by Crippen LogP contribution is 2.33. The van der Waals surface area contributed by atoms with Gasteiger partial charge in [-0.25, -0.2) is 4.98 Å². The molecule has 7 heteroatoms. The first kappa shape index (κ1) is 18.7. The van der Waals surface area contributed by atoms with Gasteiger partial charge >= 0.3 is 0 Å². The van der Waals surface area contributed by atoms with Crippen molar-refractivity contribution in [1.29, 1.82) is 0 Å². The summed E-state index contributed by atoms with van der Waals surface area (Å²) in [5, 5.41) is 3.05. The molecule has 1 aliphatic heterocycles. The Balaban J connectivity index is 1.48. The topological polar surface area (TPSA) is 75.4 Å². The second kappa shape index (κ2) is 7.18. The van der Waals surface area contributed by atoms with Crippen LogP contribution >= 0.6 is 0 Å². The predicted molar refractivity (Wildman–Crippen MR) is 117 cm³/mol. The van der Waals surface area contributed by atoms with Crippen molar-refractivity contribution in [3.63, 3.8) is 0 Å². The summed E-state index contributed by atoms with van der Waals surface area (Å²) in [6, 6.07) is 9.62. The van der Waals surface area contributed by atoms with Gasteiger partial charge in [0.2, 0.25) is 0 Å². The van der Waals surface area contributed by atoms with Crippen molar-refractivity contribution in [1.82, 2.24) is 24.3 Å². The van der Waals surface area contributed by atoms with Gasteiger partial charge in [0.05, 0.1) is 28.5 Å². The lowest BCUT2D eigenvalue weighted by Crippen LogP contribution is -2.18. The molecule has 30 heavy (non-hydrogen) atoms. The van der Waals surface area contributed by atoms with Crippen LogP contribution in [0.5, 0.6) is 0 Å².